The quantitative estimate of drug-likeness (QED) is 0.628. The van der Waals surface area contributed by atoms with E-state index in [4.69, 9.17) is 27.9 Å². The average molecular weight is 352 g/mol. The smallest absolute Gasteiger partial charge is 0.310 e. The summed E-state index contributed by atoms with van der Waals surface area (Å²) in [5.41, 5.74) is 1.61. The highest BCUT2D eigenvalue weighted by Crippen LogP contribution is 2.23. The van der Waals surface area contributed by atoms with Gasteiger partial charge in [-0.2, -0.15) is 0 Å². The van der Waals surface area contributed by atoms with E-state index < -0.39 is 0 Å². The zero-order valence-electron chi connectivity index (χ0n) is 11.4. The molecule has 0 bridgehead atoms. The molecule has 0 atom stereocenters. The Morgan fingerprint density at radius 2 is 2.00 bits per heavy atom. The molecule has 0 N–H and O–H groups in total. The van der Waals surface area contributed by atoms with Gasteiger partial charge in [-0.25, -0.2) is 4.98 Å². The molecule has 0 amide bonds. The van der Waals surface area contributed by atoms with Crippen LogP contribution in [0.2, 0.25) is 10.0 Å². The minimum atomic E-state index is -0.344. The van der Waals surface area contributed by atoms with E-state index in [0.717, 1.165) is 15.2 Å². The normalized spacial score (nSPS) is 10.8. The highest BCUT2D eigenvalue weighted by atomic mass is 35.5. The molecule has 0 aliphatic carbocycles. The lowest BCUT2D eigenvalue weighted by molar-refractivity contribution is -0.144. The first-order valence-corrected chi connectivity index (χ1v) is 8.13. The highest BCUT2D eigenvalue weighted by molar-refractivity contribution is 7.18. The summed E-state index contributed by atoms with van der Waals surface area (Å²) in [7, 11) is 0. The molecule has 1 heterocycles. The van der Waals surface area contributed by atoms with Crippen LogP contribution in [0, 0.1) is 0 Å². The number of nitrogens with zero attached hydrogens (tertiary/aromatic N) is 1. The number of esters is 1. The SMILES string of the molecule is O=C(Cc1ccc(Cl)cc1Cl)OCc1nc2ccccc2s1. The predicted octanol–water partition coefficient (Wildman–Crippen LogP) is 4.89. The maximum absolute atomic E-state index is 11.9. The van der Waals surface area contributed by atoms with Gasteiger partial charge in [-0.05, 0) is 29.8 Å². The molecule has 6 heteroatoms. The molecule has 0 aliphatic rings. The lowest BCUT2D eigenvalue weighted by atomic mass is 10.1. The second kappa shape index (κ2) is 6.65. The van der Waals surface area contributed by atoms with Gasteiger partial charge in [0.2, 0.25) is 0 Å². The molecule has 0 saturated carbocycles. The van der Waals surface area contributed by atoms with Crippen molar-refractivity contribution >= 4 is 50.7 Å². The average Bonchev–Trinajstić information content (AvgIpc) is 2.91. The van der Waals surface area contributed by atoms with Gasteiger partial charge < -0.3 is 4.74 Å². The van der Waals surface area contributed by atoms with Gasteiger partial charge in [0.15, 0.2) is 0 Å². The molecule has 0 spiro atoms. The van der Waals surface area contributed by atoms with E-state index in [1.165, 1.54) is 11.3 Å². The van der Waals surface area contributed by atoms with Crippen LogP contribution in [0.15, 0.2) is 42.5 Å². The van der Waals surface area contributed by atoms with Crippen molar-refractivity contribution in [3.05, 3.63) is 63.1 Å². The number of benzene rings is 2. The topological polar surface area (TPSA) is 39.2 Å². The van der Waals surface area contributed by atoms with Crippen molar-refractivity contribution in [3.8, 4) is 0 Å². The molecule has 0 fully saturated rings. The van der Waals surface area contributed by atoms with E-state index in [-0.39, 0.29) is 19.0 Å². The number of carbonyl (C=O) groups is 1. The molecule has 3 rings (SSSR count). The number of para-hydroxylation sites is 1. The predicted molar refractivity (Wildman–Crippen MR) is 89.6 cm³/mol. The van der Waals surface area contributed by atoms with Gasteiger partial charge in [0.25, 0.3) is 0 Å². The summed E-state index contributed by atoms with van der Waals surface area (Å²) in [5.74, 6) is -0.344. The number of hydrogen-bond donors (Lipinski definition) is 0. The van der Waals surface area contributed by atoms with E-state index in [9.17, 15) is 4.79 Å². The van der Waals surface area contributed by atoms with Gasteiger partial charge in [0, 0.05) is 10.0 Å². The third-order valence-electron chi connectivity index (χ3n) is 3.04. The lowest BCUT2D eigenvalue weighted by Gasteiger charge is -2.05. The van der Waals surface area contributed by atoms with E-state index in [0.29, 0.717) is 15.6 Å². The Morgan fingerprint density at radius 3 is 2.77 bits per heavy atom. The molecule has 112 valence electrons. The standard InChI is InChI=1S/C16H11Cl2NO2S/c17-11-6-5-10(12(18)8-11)7-16(20)21-9-15-19-13-3-1-2-4-14(13)22-15/h1-6,8H,7,9H2. The summed E-state index contributed by atoms with van der Waals surface area (Å²) in [4.78, 5) is 16.3. The summed E-state index contributed by atoms with van der Waals surface area (Å²) >= 11 is 13.4. The molecular formula is C16H11Cl2NO2S. The molecular weight excluding hydrogens is 341 g/mol. The third kappa shape index (κ3) is 3.58. The second-order valence-electron chi connectivity index (χ2n) is 4.65. The van der Waals surface area contributed by atoms with Crippen molar-refractivity contribution in [2.45, 2.75) is 13.0 Å². The Morgan fingerprint density at radius 1 is 1.18 bits per heavy atom. The van der Waals surface area contributed by atoms with E-state index in [1.807, 2.05) is 24.3 Å². The Kier molecular flexibility index (Phi) is 4.62. The minimum absolute atomic E-state index is 0.112. The number of fused-ring (bicyclic) bond motifs is 1. The molecule has 2 aromatic carbocycles. The molecule has 1 aromatic heterocycles. The van der Waals surface area contributed by atoms with Crippen LogP contribution in [-0.2, 0) is 22.6 Å². The number of ether oxygens (including phenoxy) is 1. The first kappa shape index (κ1) is 15.3. The molecule has 0 saturated heterocycles. The van der Waals surface area contributed by atoms with Crippen LogP contribution in [0.5, 0.6) is 0 Å². The van der Waals surface area contributed by atoms with Gasteiger partial charge in [-0.1, -0.05) is 41.4 Å². The zero-order valence-corrected chi connectivity index (χ0v) is 13.7. The Hall–Kier alpha value is -1.62. The fourth-order valence-corrected chi connectivity index (χ4v) is 3.35. The van der Waals surface area contributed by atoms with Gasteiger partial charge in [0.1, 0.15) is 11.6 Å². The van der Waals surface area contributed by atoms with Crippen molar-refractivity contribution in [1.82, 2.24) is 4.98 Å². The largest absolute Gasteiger partial charge is 0.458 e. The van der Waals surface area contributed by atoms with E-state index >= 15 is 0 Å². The third-order valence-corrected chi connectivity index (χ3v) is 4.64. The fraction of sp³-hybridized carbons (Fsp3) is 0.125. The molecule has 3 nitrogen and oxygen atoms in total. The van der Waals surface area contributed by atoms with Crippen molar-refractivity contribution < 1.29 is 9.53 Å². The van der Waals surface area contributed by atoms with Gasteiger partial charge in [-0.15, -0.1) is 11.3 Å². The van der Waals surface area contributed by atoms with E-state index in [1.54, 1.807) is 18.2 Å². The van der Waals surface area contributed by atoms with Crippen LogP contribution in [0.3, 0.4) is 0 Å². The Labute approximate surface area is 141 Å². The molecule has 3 aromatic rings. The Bertz CT molecular complexity index is 799. The first-order chi connectivity index (χ1) is 10.6. The highest BCUT2D eigenvalue weighted by Gasteiger charge is 2.11. The number of carbonyl (C=O) groups excluding carboxylic acids is 1. The van der Waals surface area contributed by atoms with Crippen LogP contribution >= 0.6 is 34.5 Å². The fourth-order valence-electron chi connectivity index (χ4n) is 2.00. The number of rotatable bonds is 4. The van der Waals surface area contributed by atoms with Crippen molar-refractivity contribution in [1.29, 1.82) is 0 Å². The maximum atomic E-state index is 11.9. The molecule has 0 unspecified atom stereocenters. The zero-order chi connectivity index (χ0) is 15.5. The lowest BCUT2D eigenvalue weighted by Crippen LogP contribution is -2.08. The monoisotopic (exact) mass is 351 g/mol. The van der Waals surface area contributed by atoms with Crippen molar-refractivity contribution in [2.24, 2.45) is 0 Å². The molecule has 0 aliphatic heterocycles. The number of thiazole rings is 1. The minimum Gasteiger partial charge on any atom is -0.458 e. The van der Waals surface area contributed by atoms with Gasteiger partial charge in [0.05, 0.1) is 16.6 Å². The summed E-state index contributed by atoms with van der Waals surface area (Å²) in [6.45, 7) is 0.170. The molecule has 0 radical (unpaired) electrons. The van der Waals surface area contributed by atoms with E-state index in [2.05, 4.69) is 4.98 Å². The summed E-state index contributed by atoms with van der Waals surface area (Å²) < 4.78 is 6.34. The van der Waals surface area contributed by atoms with Crippen LogP contribution in [0.1, 0.15) is 10.6 Å². The first-order valence-electron chi connectivity index (χ1n) is 6.56. The van der Waals surface area contributed by atoms with Gasteiger partial charge >= 0.3 is 5.97 Å². The van der Waals surface area contributed by atoms with Gasteiger partial charge in [-0.3, -0.25) is 4.79 Å². The summed E-state index contributed by atoms with van der Waals surface area (Å²) in [6.07, 6.45) is 0.112. The number of hydrogen-bond acceptors (Lipinski definition) is 4. The number of halogens is 2. The van der Waals surface area contributed by atoms with Crippen LogP contribution in [0.25, 0.3) is 10.2 Å². The second-order valence-corrected chi connectivity index (χ2v) is 6.61. The Balaban J connectivity index is 1.62. The summed E-state index contributed by atoms with van der Waals surface area (Å²) in [5, 5.41) is 1.78. The maximum Gasteiger partial charge on any atom is 0.310 e. The van der Waals surface area contributed by atoms with Crippen LogP contribution in [0.4, 0.5) is 0 Å². The summed E-state index contributed by atoms with van der Waals surface area (Å²) in [6, 6.07) is 12.8. The van der Waals surface area contributed by atoms with Crippen LogP contribution in [-0.4, -0.2) is 11.0 Å². The van der Waals surface area contributed by atoms with Crippen molar-refractivity contribution in [3.63, 3.8) is 0 Å². The molecule has 22 heavy (non-hydrogen) atoms. The van der Waals surface area contributed by atoms with Crippen molar-refractivity contribution in [2.75, 3.05) is 0 Å². The number of aromatic nitrogens is 1. The van der Waals surface area contributed by atoms with Crippen LogP contribution < -0.4 is 0 Å².